The van der Waals surface area contributed by atoms with E-state index in [2.05, 4.69) is 15.0 Å². The summed E-state index contributed by atoms with van der Waals surface area (Å²) in [5, 5.41) is 1.95. The minimum atomic E-state index is 0.00343. The predicted molar refractivity (Wildman–Crippen MR) is 75.6 cm³/mol. The molecule has 2 N–H and O–H groups in total. The minimum absolute atomic E-state index is 0.00343. The topological polar surface area (TPSA) is 73.9 Å². The molecule has 100 valence electrons. The van der Waals surface area contributed by atoms with Crippen molar-refractivity contribution in [3.8, 4) is 5.88 Å². The van der Waals surface area contributed by atoms with Gasteiger partial charge in [0.25, 0.3) is 0 Å². The van der Waals surface area contributed by atoms with Gasteiger partial charge in [-0.2, -0.15) is 4.98 Å². The smallest absolute Gasteiger partial charge is 0.241 e. The summed E-state index contributed by atoms with van der Waals surface area (Å²) in [7, 11) is 0. The maximum Gasteiger partial charge on any atom is 0.241 e. The largest absolute Gasteiger partial charge is 0.473 e. The quantitative estimate of drug-likeness (QED) is 0.874. The van der Waals surface area contributed by atoms with Crippen LogP contribution in [0.4, 0.5) is 5.69 Å². The van der Waals surface area contributed by atoms with Gasteiger partial charge in [0, 0.05) is 6.20 Å². The number of aromatic nitrogens is 3. The molecule has 2 heterocycles. The number of nitrogen functional groups attached to an aromatic ring is 1. The highest BCUT2D eigenvalue weighted by atomic mass is 35.5. The standard InChI is InChI=1S/C12H13ClN4OS/c1-7(2)18-11-10(14)12(17-6-16-11)19-9-4-3-8(13)5-15-9/h3-7H,14H2,1-2H3. The van der Waals surface area contributed by atoms with Gasteiger partial charge in [-0.25, -0.2) is 9.97 Å². The molecule has 0 atom stereocenters. The van der Waals surface area contributed by atoms with Gasteiger partial charge in [0.1, 0.15) is 22.1 Å². The van der Waals surface area contributed by atoms with E-state index < -0.39 is 0 Å². The summed E-state index contributed by atoms with van der Waals surface area (Å²) in [5.41, 5.74) is 6.40. The molecule has 0 radical (unpaired) electrons. The van der Waals surface area contributed by atoms with E-state index in [4.69, 9.17) is 22.1 Å². The average Bonchev–Trinajstić information content (AvgIpc) is 2.36. The molecular formula is C12H13ClN4OS. The molecule has 0 unspecified atom stereocenters. The second-order valence-electron chi connectivity index (χ2n) is 3.98. The molecule has 2 aromatic rings. The van der Waals surface area contributed by atoms with Crippen LogP contribution in [0.25, 0.3) is 0 Å². The van der Waals surface area contributed by atoms with E-state index in [1.165, 1.54) is 18.1 Å². The van der Waals surface area contributed by atoms with Crippen LogP contribution >= 0.6 is 23.4 Å². The Morgan fingerprint density at radius 2 is 2.05 bits per heavy atom. The molecule has 5 nitrogen and oxygen atoms in total. The van der Waals surface area contributed by atoms with Gasteiger partial charge in [-0.3, -0.25) is 0 Å². The second kappa shape index (κ2) is 6.08. The van der Waals surface area contributed by atoms with Gasteiger partial charge in [-0.1, -0.05) is 11.6 Å². The maximum absolute atomic E-state index is 5.98. The predicted octanol–water partition coefficient (Wildman–Crippen LogP) is 3.05. The van der Waals surface area contributed by atoms with Crippen LogP contribution in [0.5, 0.6) is 5.88 Å². The first-order valence-corrected chi connectivity index (χ1v) is 6.82. The van der Waals surface area contributed by atoms with E-state index in [0.717, 1.165) is 5.03 Å². The molecule has 7 heteroatoms. The Hall–Kier alpha value is -1.53. The van der Waals surface area contributed by atoms with Crippen molar-refractivity contribution in [2.45, 2.75) is 30.0 Å². The number of rotatable bonds is 4. The third-order valence-electron chi connectivity index (χ3n) is 2.06. The third-order valence-corrected chi connectivity index (χ3v) is 3.25. The zero-order valence-corrected chi connectivity index (χ0v) is 12.1. The number of anilines is 1. The lowest BCUT2D eigenvalue weighted by atomic mass is 10.4. The van der Waals surface area contributed by atoms with Crippen molar-refractivity contribution >= 4 is 29.1 Å². The number of nitrogens with two attached hydrogens (primary N) is 1. The fourth-order valence-electron chi connectivity index (χ4n) is 1.28. The van der Waals surface area contributed by atoms with Crippen molar-refractivity contribution in [2.75, 3.05) is 5.73 Å². The van der Waals surface area contributed by atoms with Crippen LogP contribution in [-0.2, 0) is 0 Å². The number of hydrogen-bond donors (Lipinski definition) is 1. The number of halogens is 1. The highest BCUT2D eigenvalue weighted by molar-refractivity contribution is 7.99. The Labute approximate surface area is 120 Å². The Morgan fingerprint density at radius 1 is 1.26 bits per heavy atom. The van der Waals surface area contributed by atoms with E-state index >= 15 is 0 Å². The van der Waals surface area contributed by atoms with E-state index in [0.29, 0.717) is 21.6 Å². The van der Waals surface area contributed by atoms with Crippen molar-refractivity contribution < 1.29 is 4.74 Å². The fourth-order valence-corrected chi connectivity index (χ4v) is 2.13. The summed E-state index contributed by atoms with van der Waals surface area (Å²) in [6.45, 7) is 3.82. The van der Waals surface area contributed by atoms with Crippen molar-refractivity contribution in [3.63, 3.8) is 0 Å². The molecule has 2 aromatic heterocycles. The first-order chi connectivity index (χ1) is 9.06. The molecule has 0 saturated heterocycles. The van der Waals surface area contributed by atoms with Crippen LogP contribution in [0, 0.1) is 0 Å². The Bertz CT molecular complexity index is 562. The van der Waals surface area contributed by atoms with Crippen LogP contribution in [0.3, 0.4) is 0 Å². The van der Waals surface area contributed by atoms with Gasteiger partial charge < -0.3 is 10.5 Å². The molecule has 19 heavy (non-hydrogen) atoms. The number of pyridine rings is 1. The Morgan fingerprint density at radius 3 is 2.68 bits per heavy atom. The molecule has 0 bridgehead atoms. The lowest BCUT2D eigenvalue weighted by molar-refractivity contribution is 0.233. The average molecular weight is 297 g/mol. The summed E-state index contributed by atoms with van der Waals surface area (Å²) in [6, 6.07) is 3.57. The molecule has 0 aliphatic heterocycles. The number of nitrogens with zero attached hydrogens (tertiary/aromatic N) is 3. The zero-order chi connectivity index (χ0) is 13.8. The molecule has 0 saturated carbocycles. The van der Waals surface area contributed by atoms with Crippen molar-refractivity contribution in [1.82, 2.24) is 15.0 Å². The molecule has 0 aliphatic carbocycles. The monoisotopic (exact) mass is 296 g/mol. The SMILES string of the molecule is CC(C)Oc1ncnc(Sc2ccc(Cl)cn2)c1N. The van der Waals surface area contributed by atoms with Gasteiger partial charge in [-0.05, 0) is 37.7 Å². The lowest BCUT2D eigenvalue weighted by Crippen LogP contribution is -2.10. The molecular weight excluding hydrogens is 284 g/mol. The van der Waals surface area contributed by atoms with Gasteiger partial charge >= 0.3 is 0 Å². The summed E-state index contributed by atoms with van der Waals surface area (Å²) in [5.74, 6) is 0.390. The first kappa shape index (κ1) is 13.9. The minimum Gasteiger partial charge on any atom is -0.473 e. The number of ether oxygens (including phenoxy) is 1. The lowest BCUT2D eigenvalue weighted by Gasteiger charge is -2.12. The highest BCUT2D eigenvalue weighted by Crippen LogP contribution is 2.33. The molecule has 0 aliphatic rings. The van der Waals surface area contributed by atoms with E-state index in [-0.39, 0.29) is 6.10 Å². The van der Waals surface area contributed by atoms with Crippen molar-refractivity contribution in [3.05, 3.63) is 29.7 Å². The summed E-state index contributed by atoms with van der Waals surface area (Å²) in [4.78, 5) is 12.3. The van der Waals surface area contributed by atoms with Crippen LogP contribution in [0.2, 0.25) is 5.02 Å². The first-order valence-electron chi connectivity index (χ1n) is 5.63. The van der Waals surface area contributed by atoms with Crippen LogP contribution in [-0.4, -0.2) is 21.1 Å². The van der Waals surface area contributed by atoms with Crippen LogP contribution in [0.1, 0.15) is 13.8 Å². The fraction of sp³-hybridized carbons (Fsp3) is 0.250. The van der Waals surface area contributed by atoms with Crippen molar-refractivity contribution in [1.29, 1.82) is 0 Å². The molecule has 0 fully saturated rings. The summed E-state index contributed by atoms with van der Waals surface area (Å²) in [6.07, 6.45) is 3.00. The van der Waals surface area contributed by atoms with Gasteiger partial charge in [0.2, 0.25) is 5.88 Å². The van der Waals surface area contributed by atoms with E-state index in [1.807, 2.05) is 13.8 Å². The second-order valence-corrected chi connectivity index (χ2v) is 5.43. The molecule has 0 amide bonds. The maximum atomic E-state index is 5.98. The molecule has 2 rings (SSSR count). The molecule has 0 spiro atoms. The summed E-state index contributed by atoms with van der Waals surface area (Å²) < 4.78 is 5.51. The Balaban J connectivity index is 2.23. The van der Waals surface area contributed by atoms with Gasteiger partial charge in [-0.15, -0.1) is 0 Å². The Kier molecular flexibility index (Phi) is 4.44. The normalized spacial score (nSPS) is 10.7. The van der Waals surface area contributed by atoms with Crippen LogP contribution in [0.15, 0.2) is 34.7 Å². The van der Waals surface area contributed by atoms with Gasteiger partial charge in [0.15, 0.2) is 0 Å². The summed E-state index contributed by atoms with van der Waals surface area (Å²) >= 11 is 7.12. The van der Waals surface area contributed by atoms with Crippen molar-refractivity contribution in [2.24, 2.45) is 0 Å². The zero-order valence-electron chi connectivity index (χ0n) is 10.5. The van der Waals surface area contributed by atoms with E-state index in [1.54, 1.807) is 18.3 Å². The highest BCUT2D eigenvalue weighted by Gasteiger charge is 2.12. The van der Waals surface area contributed by atoms with Gasteiger partial charge in [0.05, 0.1) is 11.1 Å². The van der Waals surface area contributed by atoms with Crippen LogP contribution < -0.4 is 10.5 Å². The molecule has 0 aromatic carbocycles. The van der Waals surface area contributed by atoms with E-state index in [9.17, 15) is 0 Å². The third kappa shape index (κ3) is 3.71. The number of hydrogen-bond acceptors (Lipinski definition) is 6.